The second kappa shape index (κ2) is 5.16. The Labute approximate surface area is 150 Å². The lowest BCUT2D eigenvalue weighted by Gasteiger charge is -2.59. The van der Waals surface area contributed by atoms with Gasteiger partial charge in [0.15, 0.2) is 11.6 Å². The van der Waals surface area contributed by atoms with E-state index in [2.05, 4.69) is 20.4 Å². The van der Waals surface area contributed by atoms with E-state index in [-0.39, 0.29) is 22.4 Å². The van der Waals surface area contributed by atoms with Gasteiger partial charge in [-0.2, -0.15) is 0 Å². The summed E-state index contributed by atoms with van der Waals surface area (Å²) in [6, 6.07) is 0. The van der Waals surface area contributed by atoms with Crippen LogP contribution in [-0.4, -0.2) is 22.3 Å². The smallest absolute Gasteiger partial charge is 0.161 e. The Hall–Kier alpha value is -1.22. The van der Waals surface area contributed by atoms with Crippen molar-refractivity contribution in [3.8, 4) is 0 Å². The number of hydrogen-bond acceptors (Lipinski definition) is 3. The zero-order chi connectivity index (χ0) is 18.2. The summed E-state index contributed by atoms with van der Waals surface area (Å²) in [5.41, 5.74) is 0.852. The summed E-state index contributed by atoms with van der Waals surface area (Å²) in [7, 11) is 0. The van der Waals surface area contributed by atoms with E-state index in [0.717, 1.165) is 37.7 Å². The Morgan fingerprint density at radius 3 is 2.56 bits per heavy atom. The second-order valence-corrected chi connectivity index (χ2v) is 9.54. The number of carbonyl (C=O) groups excluding carboxylic acids is 2. The number of carbonyl (C=O) groups is 2. The summed E-state index contributed by atoms with van der Waals surface area (Å²) in [5, 5.41) is 11.2. The maximum absolute atomic E-state index is 12.3. The van der Waals surface area contributed by atoms with Crippen LogP contribution in [0, 0.1) is 28.6 Å². The number of ketones is 2. The fourth-order valence-corrected chi connectivity index (χ4v) is 7.16. The van der Waals surface area contributed by atoms with Crippen LogP contribution in [0.2, 0.25) is 0 Å². The van der Waals surface area contributed by atoms with Crippen LogP contribution in [0.5, 0.6) is 0 Å². The van der Waals surface area contributed by atoms with E-state index in [9.17, 15) is 14.7 Å². The third-order valence-electron chi connectivity index (χ3n) is 8.66. The molecule has 3 heteroatoms. The number of fused-ring (bicyclic) bond motifs is 5. The lowest BCUT2D eigenvalue weighted by molar-refractivity contribution is -0.159. The normalized spacial score (nSPS) is 49.1. The molecule has 4 aliphatic carbocycles. The summed E-state index contributed by atoms with van der Waals surface area (Å²) < 4.78 is 0. The second-order valence-electron chi connectivity index (χ2n) is 9.54. The van der Waals surface area contributed by atoms with Crippen LogP contribution < -0.4 is 0 Å². The molecule has 25 heavy (non-hydrogen) atoms. The van der Waals surface area contributed by atoms with Crippen LogP contribution in [-0.2, 0) is 9.59 Å². The van der Waals surface area contributed by atoms with Crippen LogP contribution in [0.4, 0.5) is 0 Å². The van der Waals surface area contributed by atoms with Gasteiger partial charge in [0, 0.05) is 11.8 Å². The van der Waals surface area contributed by atoms with E-state index >= 15 is 0 Å². The van der Waals surface area contributed by atoms with Crippen LogP contribution >= 0.6 is 0 Å². The van der Waals surface area contributed by atoms with Crippen LogP contribution in [0.3, 0.4) is 0 Å². The van der Waals surface area contributed by atoms with E-state index in [1.807, 2.05) is 6.08 Å². The van der Waals surface area contributed by atoms with Crippen molar-refractivity contribution >= 4 is 11.6 Å². The average Bonchev–Trinajstić information content (AvgIpc) is 2.83. The molecule has 0 heterocycles. The summed E-state index contributed by atoms with van der Waals surface area (Å²) >= 11 is 0. The van der Waals surface area contributed by atoms with Crippen LogP contribution in [0.15, 0.2) is 23.8 Å². The summed E-state index contributed by atoms with van der Waals surface area (Å²) in [6.07, 6.45) is 7.77. The SMILES string of the molecule is C=C1C[C@@H]2[C@H]3CC[C@](O)(C(C)=O)[C@@]3(C)CC[C@H]2[C@]2(C)CCC(=O)C=C12. The van der Waals surface area contributed by atoms with Crippen molar-refractivity contribution in [2.24, 2.45) is 28.6 Å². The predicted molar refractivity (Wildman–Crippen MR) is 96.9 cm³/mol. The van der Waals surface area contributed by atoms with Gasteiger partial charge in [-0.1, -0.05) is 26.0 Å². The summed E-state index contributed by atoms with van der Waals surface area (Å²) in [4.78, 5) is 24.2. The first-order valence-corrected chi connectivity index (χ1v) is 9.80. The molecule has 0 aromatic carbocycles. The van der Waals surface area contributed by atoms with Crippen molar-refractivity contribution < 1.29 is 14.7 Å². The molecule has 6 atom stereocenters. The highest BCUT2D eigenvalue weighted by atomic mass is 16.3. The van der Waals surface area contributed by atoms with Gasteiger partial charge in [-0.25, -0.2) is 0 Å². The molecule has 1 N–H and O–H groups in total. The molecule has 3 nitrogen and oxygen atoms in total. The maximum Gasteiger partial charge on any atom is 0.161 e. The third-order valence-corrected chi connectivity index (χ3v) is 8.66. The maximum atomic E-state index is 12.3. The van der Waals surface area contributed by atoms with Crippen molar-refractivity contribution in [1.29, 1.82) is 0 Å². The first kappa shape index (κ1) is 17.2. The zero-order valence-electron chi connectivity index (χ0n) is 15.7. The van der Waals surface area contributed by atoms with Gasteiger partial charge in [-0.3, -0.25) is 9.59 Å². The highest BCUT2D eigenvalue weighted by molar-refractivity contribution is 5.92. The van der Waals surface area contributed by atoms with E-state index in [1.165, 1.54) is 5.57 Å². The molecule has 0 amide bonds. The molecule has 0 aromatic rings. The lowest BCUT2D eigenvalue weighted by Crippen LogP contribution is -2.57. The third kappa shape index (κ3) is 2.02. The Bertz CT molecular complexity index is 704. The Balaban J connectivity index is 1.75. The Kier molecular flexibility index (Phi) is 3.55. The molecule has 3 saturated carbocycles. The monoisotopic (exact) mass is 342 g/mol. The first-order chi connectivity index (χ1) is 11.6. The minimum absolute atomic E-state index is 0.0339. The Morgan fingerprint density at radius 1 is 1.20 bits per heavy atom. The number of rotatable bonds is 1. The minimum Gasteiger partial charge on any atom is -0.382 e. The first-order valence-electron chi connectivity index (χ1n) is 9.80. The van der Waals surface area contributed by atoms with Crippen molar-refractivity contribution in [2.75, 3.05) is 0 Å². The molecular formula is C22H30O3. The molecule has 0 unspecified atom stereocenters. The van der Waals surface area contributed by atoms with E-state index in [1.54, 1.807) is 6.92 Å². The lowest BCUT2D eigenvalue weighted by atomic mass is 9.45. The van der Waals surface area contributed by atoms with Gasteiger partial charge >= 0.3 is 0 Å². The summed E-state index contributed by atoms with van der Waals surface area (Å²) in [6.45, 7) is 10.3. The van der Waals surface area contributed by atoms with Gasteiger partial charge in [-0.05, 0) is 80.3 Å². The van der Waals surface area contributed by atoms with Gasteiger partial charge in [0.25, 0.3) is 0 Å². The van der Waals surface area contributed by atoms with E-state index < -0.39 is 5.60 Å². The average molecular weight is 342 g/mol. The van der Waals surface area contributed by atoms with Crippen LogP contribution in [0.25, 0.3) is 0 Å². The van der Waals surface area contributed by atoms with Crippen molar-refractivity contribution in [2.45, 2.75) is 71.3 Å². The summed E-state index contributed by atoms with van der Waals surface area (Å²) in [5.74, 6) is 1.54. The van der Waals surface area contributed by atoms with Gasteiger partial charge in [0.1, 0.15) is 5.60 Å². The molecule has 0 aromatic heterocycles. The molecule has 4 rings (SSSR count). The Morgan fingerprint density at radius 2 is 1.88 bits per heavy atom. The van der Waals surface area contributed by atoms with E-state index in [0.29, 0.717) is 30.6 Å². The van der Waals surface area contributed by atoms with Crippen LogP contribution in [0.1, 0.15) is 65.7 Å². The standard InChI is InChI=1S/C22H30O3/c1-13-11-16-17(20(3)8-5-15(24)12-19(13)20)6-9-21(4)18(16)7-10-22(21,25)14(2)23/h12,16-18,25H,1,5-11H2,2-4H3/t16-,17+,18+,20-,21-,22-/m0/s1. The van der Waals surface area contributed by atoms with Gasteiger partial charge < -0.3 is 5.11 Å². The largest absolute Gasteiger partial charge is 0.382 e. The number of aliphatic hydroxyl groups is 1. The predicted octanol–water partition coefficient (Wildman–Crippen LogP) is 4.00. The molecule has 0 bridgehead atoms. The molecule has 0 aliphatic heterocycles. The topological polar surface area (TPSA) is 54.4 Å². The number of allylic oxidation sites excluding steroid dienone is 2. The zero-order valence-corrected chi connectivity index (χ0v) is 15.7. The highest BCUT2D eigenvalue weighted by Gasteiger charge is 2.65. The molecule has 0 radical (unpaired) electrons. The van der Waals surface area contributed by atoms with Gasteiger partial charge in [0.2, 0.25) is 0 Å². The molecule has 136 valence electrons. The van der Waals surface area contributed by atoms with Crippen molar-refractivity contribution in [1.82, 2.24) is 0 Å². The quantitative estimate of drug-likeness (QED) is 0.783. The van der Waals surface area contributed by atoms with Crippen molar-refractivity contribution in [3.63, 3.8) is 0 Å². The molecular weight excluding hydrogens is 312 g/mol. The van der Waals surface area contributed by atoms with Gasteiger partial charge in [0.05, 0.1) is 0 Å². The van der Waals surface area contributed by atoms with Crippen molar-refractivity contribution in [3.05, 3.63) is 23.8 Å². The number of Topliss-reactive ketones (excluding diaryl/α,β-unsaturated/α-hetero) is 1. The highest BCUT2D eigenvalue weighted by Crippen LogP contribution is 2.68. The minimum atomic E-state index is -1.16. The molecule has 3 fully saturated rings. The molecule has 4 aliphatic rings. The fraction of sp³-hybridized carbons (Fsp3) is 0.727. The van der Waals surface area contributed by atoms with Gasteiger partial charge in [-0.15, -0.1) is 0 Å². The molecule has 0 spiro atoms. The molecule has 0 saturated heterocycles. The fourth-order valence-electron chi connectivity index (χ4n) is 7.16. The number of hydrogen-bond donors (Lipinski definition) is 1. The van der Waals surface area contributed by atoms with E-state index in [4.69, 9.17) is 0 Å².